The SMILES string of the molecule is COc1cccc(-c2noc(CSc3n[nH]c(-c4ccc(OC)cc4OC)n3)n2)c1. The lowest BCUT2D eigenvalue weighted by Crippen LogP contribution is -1.91. The quantitative estimate of drug-likeness (QED) is 0.421. The molecule has 2 heterocycles. The van der Waals surface area contributed by atoms with Crippen LogP contribution in [0, 0.1) is 0 Å². The van der Waals surface area contributed by atoms with Crippen LogP contribution in [0.3, 0.4) is 0 Å². The highest BCUT2D eigenvalue weighted by Gasteiger charge is 2.14. The molecule has 0 spiro atoms. The van der Waals surface area contributed by atoms with Crippen LogP contribution in [0.15, 0.2) is 52.1 Å². The Labute approximate surface area is 176 Å². The van der Waals surface area contributed by atoms with Gasteiger partial charge in [-0.15, -0.1) is 5.10 Å². The van der Waals surface area contributed by atoms with E-state index in [1.807, 2.05) is 36.4 Å². The van der Waals surface area contributed by atoms with Gasteiger partial charge in [0.15, 0.2) is 5.82 Å². The average Bonchev–Trinajstić information content (AvgIpc) is 3.47. The molecule has 154 valence electrons. The van der Waals surface area contributed by atoms with Gasteiger partial charge in [-0.25, -0.2) is 4.98 Å². The van der Waals surface area contributed by atoms with Crippen molar-refractivity contribution in [3.8, 4) is 40.0 Å². The molecule has 4 aromatic rings. The van der Waals surface area contributed by atoms with Crippen LogP contribution in [0.5, 0.6) is 17.2 Å². The van der Waals surface area contributed by atoms with E-state index in [2.05, 4.69) is 25.3 Å². The molecule has 0 amide bonds. The molecule has 0 radical (unpaired) electrons. The van der Waals surface area contributed by atoms with Crippen LogP contribution < -0.4 is 14.2 Å². The van der Waals surface area contributed by atoms with Crippen LogP contribution in [0.25, 0.3) is 22.8 Å². The molecule has 4 rings (SSSR count). The lowest BCUT2D eigenvalue weighted by molar-refractivity contribution is 0.391. The minimum atomic E-state index is 0.439. The predicted octanol–water partition coefficient (Wildman–Crippen LogP) is 3.84. The zero-order valence-electron chi connectivity index (χ0n) is 16.6. The van der Waals surface area contributed by atoms with Gasteiger partial charge < -0.3 is 18.7 Å². The highest BCUT2D eigenvalue weighted by atomic mass is 32.2. The minimum Gasteiger partial charge on any atom is -0.497 e. The molecule has 30 heavy (non-hydrogen) atoms. The first kappa shape index (κ1) is 19.8. The summed E-state index contributed by atoms with van der Waals surface area (Å²) in [7, 11) is 4.82. The number of ether oxygens (including phenoxy) is 3. The molecule has 0 unspecified atom stereocenters. The molecule has 2 aromatic heterocycles. The number of H-pyrrole nitrogens is 1. The first-order chi connectivity index (χ1) is 14.7. The summed E-state index contributed by atoms with van der Waals surface area (Å²) in [5.41, 5.74) is 1.61. The molecule has 1 N–H and O–H groups in total. The van der Waals surface area contributed by atoms with Gasteiger partial charge >= 0.3 is 0 Å². The Morgan fingerprint density at radius 1 is 0.967 bits per heavy atom. The number of aromatic amines is 1. The van der Waals surface area contributed by atoms with Crippen molar-refractivity contribution in [3.63, 3.8) is 0 Å². The normalized spacial score (nSPS) is 10.8. The molecule has 0 saturated heterocycles. The first-order valence-electron chi connectivity index (χ1n) is 8.94. The van der Waals surface area contributed by atoms with Gasteiger partial charge in [-0.2, -0.15) is 4.98 Å². The number of nitrogens with one attached hydrogen (secondary N) is 1. The number of rotatable bonds is 8. The van der Waals surface area contributed by atoms with Gasteiger partial charge in [0.2, 0.25) is 16.9 Å². The van der Waals surface area contributed by atoms with Crippen molar-refractivity contribution < 1.29 is 18.7 Å². The standard InChI is InChI=1S/C20H19N5O4S/c1-26-13-6-4-5-12(9-13)18-21-17(29-25-18)11-30-20-22-19(23-24-20)15-8-7-14(27-2)10-16(15)28-3/h4-10H,11H2,1-3H3,(H,22,23,24). The number of methoxy groups -OCH3 is 3. The van der Waals surface area contributed by atoms with Gasteiger partial charge in [0.1, 0.15) is 17.2 Å². The predicted molar refractivity (Wildman–Crippen MR) is 111 cm³/mol. The van der Waals surface area contributed by atoms with Crippen molar-refractivity contribution in [2.24, 2.45) is 0 Å². The lowest BCUT2D eigenvalue weighted by atomic mass is 10.2. The van der Waals surface area contributed by atoms with E-state index in [1.165, 1.54) is 11.8 Å². The van der Waals surface area contributed by atoms with Crippen molar-refractivity contribution in [1.82, 2.24) is 25.3 Å². The van der Waals surface area contributed by atoms with Crippen molar-refractivity contribution >= 4 is 11.8 Å². The summed E-state index contributed by atoms with van der Waals surface area (Å²) in [5, 5.41) is 11.8. The van der Waals surface area contributed by atoms with E-state index in [0.29, 0.717) is 39.9 Å². The summed E-state index contributed by atoms with van der Waals surface area (Å²) in [4.78, 5) is 8.94. The Morgan fingerprint density at radius 2 is 1.80 bits per heavy atom. The van der Waals surface area contributed by atoms with Gasteiger partial charge in [0.25, 0.3) is 0 Å². The van der Waals surface area contributed by atoms with E-state index in [9.17, 15) is 0 Å². The molecular weight excluding hydrogens is 406 g/mol. The average molecular weight is 425 g/mol. The summed E-state index contributed by atoms with van der Waals surface area (Å²) in [5.74, 6) is 4.09. The fraction of sp³-hybridized carbons (Fsp3) is 0.200. The first-order valence-corrected chi connectivity index (χ1v) is 9.93. The van der Waals surface area contributed by atoms with E-state index < -0.39 is 0 Å². The van der Waals surface area contributed by atoms with Crippen molar-refractivity contribution in [2.75, 3.05) is 21.3 Å². The fourth-order valence-corrected chi connectivity index (χ4v) is 3.38. The van der Waals surface area contributed by atoms with Crippen molar-refractivity contribution in [3.05, 3.63) is 48.4 Å². The van der Waals surface area contributed by atoms with E-state index >= 15 is 0 Å². The molecule has 2 aromatic carbocycles. The monoisotopic (exact) mass is 425 g/mol. The highest BCUT2D eigenvalue weighted by molar-refractivity contribution is 7.98. The Balaban J connectivity index is 1.45. The van der Waals surface area contributed by atoms with Crippen LogP contribution in [-0.4, -0.2) is 46.7 Å². The van der Waals surface area contributed by atoms with Crippen molar-refractivity contribution in [1.29, 1.82) is 0 Å². The maximum atomic E-state index is 5.43. The molecule has 0 saturated carbocycles. The summed E-state index contributed by atoms with van der Waals surface area (Å²) >= 11 is 1.39. The van der Waals surface area contributed by atoms with Gasteiger partial charge in [0.05, 0.1) is 32.6 Å². The molecule has 9 nitrogen and oxygen atoms in total. The molecule has 0 bridgehead atoms. The Morgan fingerprint density at radius 3 is 2.60 bits per heavy atom. The summed E-state index contributed by atoms with van der Waals surface area (Å²) in [6, 6.07) is 13.0. The van der Waals surface area contributed by atoms with Crippen LogP contribution >= 0.6 is 11.8 Å². The zero-order chi connectivity index (χ0) is 20.9. The second-order valence-corrected chi connectivity index (χ2v) is 7.01. The fourth-order valence-electron chi connectivity index (χ4n) is 2.74. The molecular formula is C20H19N5O4S. The number of aromatic nitrogens is 5. The third-order valence-electron chi connectivity index (χ3n) is 4.25. The van der Waals surface area contributed by atoms with E-state index in [0.717, 1.165) is 16.9 Å². The molecule has 0 aliphatic carbocycles. The number of benzene rings is 2. The van der Waals surface area contributed by atoms with Gasteiger partial charge in [-0.1, -0.05) is 29.1 Å². The largest absolute Gasteiger partial charge is 0.497 e. The van der Waals surface area contributed by atoms with E-state index in [1.54, 1.807) is 27.4 Å². The molecule has 0 aliphatic rings. The minimum absolute atomic E-state index is 0.439. The topological polar surface area (TPSA) is 108 Å². The maximum Gasteiger partial charge on any atom is 0.237 e. The third kappa shape index (κ3) is 4.23. The molecule has 0 atom stereocenters. The smallest absolute Gasteiger partial charge is 0.237 e. The Hall–Kier alpha value is -3.53. The van der Waals surface area contributed by atoms with Crippen LogP contribution in [0.2, 0.25) is 0 Å². The molecule has 0 aliphatic heterocycles. The van der Waals surface area contributed by atoms with Gasteiger partial charge in [0, 0.05) is 11.6 Å². The van der Waals surface area contributed by atoms with Crippen LogP contribution in [0.4, 0.5) is 0 Å². The zero-order valence-corrected chi connectivity index (χ0v) is 17.4. The van der Waals surface area contributed by atoms with Crippen LogP contribution in [0.1, 0.15) is 5.89 Å². The number of hydrogen-bond acceptors (Lipinski definition) is 9. The van der Waals surface area contributed by atoms with Crippen LogP contribution in [-0.2, 0) is 5.75 Å². The highest BCUT2D eigenvalue weighted by Crippen LogP contribution is 2.32. The number of hydrogen-bond donors (Lipinski definition) is 1. The third-order valence-corrected chi connectivity index (χ3v) is 5.08. The summed E-state index contributed by atoms with van der Waals surface area (Å²) in [6.07, 6.45) is 0. The Bertz CT molecular complexity index is 1140. The molecule has 10 heteroatoms. The molecule has 0 fully saturated rings. The van der Waals surface area contributed by atoms with Crippen molar-refractivity contribution in [2.45, 2.75) is 10.9 Å². The summed E-state index contributed by atoms with van der Waals surface area (Å²) < 4.78 is 21.2. The summed E-state index contributed by atoms with van der Waals surface area (Å²) in [6.45, 7) is 0. The number of thioether (sulfide) groups is 1. The van der Waals surface area contributed by atoms with E-state index in [4.69, 9.17) is 18.7 Å². The van der Waals surface area contributed by atoms with E-state index in [-0.39, 0.29) is 0 Å². The maximum absolute atomic E-state index is 5.43. The number of nitrogens with zero attached hydrogens (tertiary/aromatic N) is 4. The van der Waals surface area contributed by atoms with Gasteiger partial charge in [-0.05, 0) is 24.3 Å². The second-order valence-electron chi connectivity index (χ2n) is 6.07. The Kier molecular flexibility index (Phi) is 5.84. The second kappa shape index (κ2) is 8.87. The lowest BCUT2D eigenvalue weighted by Gasteiger charge is -2.07. The van der Waals surface area contributed by atoms with Gasteiger partial charge in [-0.3, -0.25) is 5.10 Å².